The van der Waals surface area contributed by atoms with Crippen molar-refractivity contribution in [2.24, 2.45) is 0 Å². The number of halogens is 3. The summed E-state index contributed by atoms with van der Waals surface area (Å²) in [5.41, 5.74) is 7.39. The topological polar surface area (TPSA) is 42.5 Å². The third-order valence-corrected chi connectivity index (χ3v) is 5.25. The summed E-state index contributed by atoms with van der Waals surface area (Å²) in [5.74, 6) is 0.349. The maximum absolute atomic E-state index is 12.5. The van der Waals surface area contributed by atoms with Crippen LogP contribution in [0.25, 0.3) is 11.1 Å². The van der Waals surface area contributed by atoms with Gasteiger partial charge >= 0.3 is 6.36 Å². The zero-order valence-electron chi connectivity index (χ0n) is 18.9. The van der Waals surface area contributed by atoms with Gasteiger partial charge in [-0.25, -0.2) is 5.48 Å². The zero-order valence-corrected chi connectivity index (χ0v) is 18.9. The molecule has 4 aromatic carbocycles. The number of ether oxygens (including phenoxy) is 1. The van der Waals surface area contributed by atoms with Gasteiger partial charge in [-0.15, -0.1) is 13.2 Å². The van der Waals surface area contributed by atoms with E-state index < -0.39 is 6.36 Å². The third kappa shape index (κ3) is 7.43. The van der Waals surface area contributed by atoms with Crippen LogP contribution in [-0.2, 0) is 6.42 Å². The first kappa shape index (κ1) is 24.0. The van der Waals surface area contributed by atoms with E-state index in [-0.39, 0.29) is 5.75 Å². The number of alkyl halides is 3. The second kappa shape index (κ2) is 11.3. The molecule has 0 aliphatic carbocycles. The largest absolute Gasteiger partial charge is 0.573 e. The van der Waals surface area contributed by atoms with Crippen LogP contribution in [0.4, 0.5) is 24.5 Å². The van der Waals surface area contributed by atoms with Gasteiger partial charge in [0, 0.05) is 6.54 Å². The predicted octanol–water partition coefficient (Wildman–Crippen LogP) is 7.70. The Kier molecular flexibility index (Phi) is 7.77. The smallest absolute Gasteiger partial charge is 0.406 e. The van der Waals surface area contributed by atoms with Gasteiger partial charge in [0.25, 0.3) is 0 Å². The Bertz CT molecular complexity index is 1200. The number of aryl methyl sites for hydroxylation is 1. The summed E-state index contributed by atoms with van der Waals surface area (Å²) in [7, 11) is 0. The predicted molar refractivity (Wildman–Crippen MR) is 133 cm³/mol. The molecule has 7 heteroatoms. The molecule has 0 heterocycles. The van der Waals surface area contributed by atoms with Crippen molar-refractivity contribution in [1.29, 1.82) is 0 Å². The standard InChI is InChI=1S/C28H25F3N2O2/c29-28(30,31)34-25-16-13-22(14-17-25)23-15-18-27(35-33-24-11-5-2-6-12-24)26(20-23)32-19-7-10-21-8-3-1-4-9-21/h1-6,8-9,11-18,20,32-33H,7,10,19H2. The lowest BCUT2D eigenvalue weighted by atomic mass is 10.0. The lowest BCUT2D eigenvalue weighted by Crippen LogP contribution is -2.16. The summed E-state index contributed by atoms with van der Waals surface area (Å²) in [4.78, 5) is 5.85. The van der Waals surface area contributed by atoms with Crippen LogP contribution in [-0.4, -0.2) is 12.9 Å². The van der Waals surface area contributed by atoms with Crippen molar-refractivity contribution in [3.63, 3.8) is 0 Å². The quantitative estimate of drug-likeness (QED) is 0.181. The van der Waals surface area contributed by atoms with E-state index in [1.807, 2.05) is 66.7 Å². The monoisotopic (exact) mass is 478 g/mol. The Morgan fingerprint density at radius 3 is 2.06 bits per heavy atom. The van der Waals surface area contributed by atoms with Gasteiger partial charge in [-0.1, -0.05) is 66.7 Å². The highest BCUT2D eigenvalue weighted by Crippen LogP contribution is 2.33. The van der Waals surface area contributed by atoms with Gasteiger partial charge in [0.1, 0.15) is 5.75 Å². The van der Waals surface area contributed by atoms with E-state index in [1.165, 1.54) is 17.7 Å². The van der Waals surface area contributed by atoms with E-state index in [4.69, 9.17) is 4.84 Å². The number of nitrogens with one attached hydrogen (secondary N) is 2. The molecule has 0 bridgehead atoms. The molecule has 0 aromatic heterocycles. The number of anilines is 2. The summed E-state index contributed by atoms with van der Waals surface area (Å²) >= 11 is 0. The Labute approximate surface area is 202 Å². The number of hydrogen-bond acceptors (Lipinski definition) is 4. The molecular formula is C28H25F3N2O2. The van der Waals surface area contributed by atoms with Crippen LogP contribution >= 0.6 is 0 Å². The van der Waals surface area contributed by atoms with Crippen molar-refractivity contribution in [2.45, 2.75) is 19.2 Å². The first-order valence-electron chi connectivity index (χ1n) is 11.2. The Morgan fingerprint density at radius 2 is 1.37 bits per heavy atom. The van der Waals surface area contributed by atoms with Gasteiger partial charge in [0.05, 0.1) is 11.4 Å². The third-order valence-electron chi connectivity index (χ3n) is 5.25. The van der Waals surface area contributed by atoms with E-state index in [0.717, 1.165) is 41.9 Å². The molecule has 0 fully saturated rings. The molecule has 4 rings (SSSR count). The molecule has 0 saturated carbocycles. The van der Waals surface area contributed by atoms with E-state index >= 15 is 0 Å². The molecule has 180 valence electrons. The molecule has 0 amide bonds. The van der Waals surface area contributed by atoms with Gasteiger partial charge in [-0.3, -0.25) is 0 Å². The molecule has 0 aliphatic rings. The fraction of sp³-hybridized carbons (Fsp3) is 0.143. The number of rotatable bonds is 10. The first-order valence-corrected chi connectivity index (χ1v) is 11.2. The van der Waals surface area contributed by atoms with E-state index in [9.17, 15) is 13.2 Å². The molecule has 0 unspecified atom stereocenters. The number of benzene rings is 4. The van der Waals surface area contributed by atoms with Gasteiger partial charge in [-0.05, 0) is 65.9 Å². The van der Waals surface area contributed by atoms with Crippen LogP contribution in [0.5, 0.6) is 11.5 Å². The minimum Gasteiger partial charge on any atom is -0.406 e. The highest BCUT2D eigenvalue weighted by Gasteiger charge is 2.30. The van der Waals surface area contributed by atoms with Gasteiger partial charge < -0.3 is 14.9 Å². The minimum absolute atomic E-state index is 0.257. The van der Waals surface area contributed by atoms with E-state index in [0.29, 0.717) is 5.75 Å². The lowest BCUT2D eigenvalue weighted by molar-refractivity contribution is -0.274. The van der Waals surface area contributed by atoms with Crippen molar-refractivity contribution in [3.05, 3.63) is 109 Å². The second-order valence-electron chi connectivity index (χ2n) is 7.87. The fourth-order valence-corrected chi connectivity index (χ4v) is 3.57. The summed E-state index contributed by atoms with van der Waals surface area (Å²) in [6.07, 6.45) is -2.86. The first-order chi connectivity index (χ1) is 17.0. The van der Waals surface area contributed by atoms with Crippen LogP contribution in [0.1, 0.15) is 12.0 Å². The molecule has 35 heavy (non-hydrogen) atoms. The molecule has 0 radical (unpaired) electrons. The summed E-state index contributed by atoms with van der Waals surface area (Å²) in [6, 6.07) is 31.2. The van der Waals surface area contributed by atoms with Crippen LogP contribution in [0.3, 0.4) is 0 Å². The van der Waals surface area contributed by atoms with Gasteiger partial charge in [0.15, 0.2) is 5.75 Å². The minimum atomic E-state index is -4.72. The van der Waals surface area contributed by atoms with Crippen LogP contribution in [0, 0.1) is 0 Å². The zero-order chi connectivity index (χ0) is 24.5. The Balaban J connectivity index is 1.48. The molecule has 0 saturated heterocycles. The fourth-order valence-electron chi connectivity index (χ4n) is 3.57. The van der Waals surface area contributed by atoms with Crippen molar-refractivity contribution in [2.75, 3.05) is 17.3 Å². The van der Waals surface area contributed by atoms with E-state index in [2.05, 4.69) is 27.7 Å². The van der Waals surface area contributed by atoms with Crippen molar-refractivity contribution in [3.8, 4) is 22.6 Å². The highest BCUT2D eigenvalue weighted by atomic mass is 19.4. The average Bonchev–Trinajstić information content (AvgIpc) is 2.86. The summed E-state index contributed by atoms with van der Waals surface area (Å²) in [6.45, 7) is 0.721. The maximum Gasteiger partial charge on any atom is 0.573 e. The molecule has 2 N–H and O–H groups in total. The number of para-hydroxylation sites is 1. The average molecular weight is 479 g/mol. The highest BCUT2D eigenvalue weighted by molar-refractivity contribution is 5.72. The van der Waals surface area contributed by atoms with Crippen molar-refractivity contribution >= 4 is 11.4 Å². The van der Waals surface area contributed by atoms with Crippen LogP contribution < -0.4 is 20.4 Å². The number of hydrogen-bond donors (Lipinski definition) is 2. The Hall–Kier alpha value is -4.13. The van der Waals surface area contributed by atoms with Gasteiger partial charge in [0.2, 0.25) is 0 Å². The molecule has 0 aliphatic heterocycles. The lowest BCUT2D eigenvalue weighted by Gasteiger charge is -2.16. The molecule has 0 spiro atoms. The van der Waals surface area contributed by atoms with Crippen molar-refractivity contribution < 1.29 is 22.7 Å². The Morgan fingerprint density at radius 1 is 0.714 bits per heavy atom. The SMILES string of the molecule is FC(F)(F)Oc1ccc(-c2ccc(ONc3ccccc3)c(NCCCc3ccccc3)c2)cc1. The second-order valence-corrected chi connectivity index (χ2v) is 7.87. The summed E-state index contributed by atoms with van der Waals surface area (Å²) in [5, 5.41) is 3.43. The van der Waals surface area contributed by atoms with Crippen LogP contribution in [0.2, 0.25) is 0 Å². The molecule has 4 nitrogen and oxygen atoms in total. The van der Waals surface area contributed by atoms with Crippen LogP contribution in [0.15, 0.2) is 103 Å². The van der Waals surface area contributed by atoms with E-state index in [1.54, 1.807) is 12.1 Å². The van der Waals surface area contributed by atoms with Gasteiger partial charge in [-0.2, -0.15) is 0 Å². The maximum atomic E-state index is 12.5. The molecular weight excluding hydrogens is 453 g/mol. The molecule has 4 aromatic rings. The summed E-state index contributed by atoms with van der Waals surface area (Å²) < 4.78 is 41.4. The molecule has 0 atom stereocenters. The normalized spacial score (nSPS) is 11.1. The van der Waals surface area contributed by atoms with Crippen molar-refractivity contribution in [1.82, 2.24) is 0 Å².